The minimum absolute atomic E-state index is 0.166. The van der Waals surface area contributed by atoms with Crippen LogP contribution in [0.15, 0.2) is 24.3 Å². The molecule has 0 radical (unpaired) electrons. The maximum Gasteiger partial charge on any atom is 0.125 e. The highest BCUT2D eigenvalue weighted by molar-refractivity contribution is 5.46. The summed E-state index contributed by atoms with van der Waals surface area (Å²) in [5.41, 5.74) is 6.55. The standard InChI is InChI=1S/C16H27FN2/c1-2-3-4-5-6-12-19(13-8-11-18)16-10-7-9-15(17)14-16/h7,9-10,14H,2-6,8,11-13,18H2,1H3. The summed E-state index contributed by atoms with van der Waals surface area (Å²) in [6.07, 6.45) is 7.24. The second-order valence-electron chi connectivity index (χ2n) is 5.02. The molecular weight excluding hydrogens is 239 g/mol. The topological polar surface area (TPSA) is 29.3 Å². The predicted octanol–water partition coefficient (Wildman–Crippen LogP) is 3.95. The van der Waals surface area contributed by atoms with Gasteiger partial charge in [0, 0.05) is 18.8 Å². The molecule has 0 spiro atoms. The first-order valence-corrected chi connectivity index (χ1v) is 7.48. The second-order valence-corrected chi connectivity index (χ2v) is 5.02. The molecule has 0 unspecified atom stereocenters. The molecule has 3 heteroatoms. The summed E-state index contributed by atoms with van der Waals surface area (Å²) in [5.74, 6) is -0.166. The molecule has 0 heterocycles. The van der Waals surface area contributed by atoms with E-state index >= 15 is 0 Å². The van der Waals surface area contributed by atoms with Crippen molar-refractivity contribution in [3.8, 4) is 0 Å². The van der Waals surface area contributed by atoms with Crippen molar-refractivity contribution in [2.45, 2.75) is 45.4 Å². The Labute approximate surface area is 116 Å². The van der Waals surface area contributed by atoms with Gasteiger partial charge in [0.1, 0.15) is 5.82 Å². The lowest BCUT2D eigenvalue weighted by atomic mass is 10.1. The SMILES string of the molecule is CCCCCCCN(CCCN)c1cccc(F)c1. The van der Waals surface area contributed by atoms with Gasteiger partial charge in [-0.1, -0.05) is 38.7 Å². The molecule has 0 atom stereocenters. The Morgan fingerprint density at radius 3 is 2.47 bits per heavy atom. The van der Waals surface area contributed by atoms with Crippen LogP contribution >= 0.6 is 0 Å². The fraction of sp³-hybridized carbons (Fsp3) is 0.625. The van der Waals surface area contributed by atoms with E-state index in [0.717, 1.165) is 25.2 Å². The maximum absolute atomic E-state index is 13.3. The summed E-state index contributed by atoms with van der Waals surface area (Å²) >= 11 is 0. The van der Waals surface area contributed by atoms with E-state index in [1.165, 1.54) is 38.2 Å². The lowest BCUT2D eigenvalue weighted by Crippen LogP contribution is -2.27. The first-order valence-electron chi connectivity index (χ1n) is 7.48. The van der Waals surface area contributed by atoms with Crippen molar-refractivity contribution in [3.05, 3.63) is 30.1 Å². The third-order valence-corrected chi connectivity index (χ3v) is 3.34. The van der Waals surface area contributed by atoms with Crippen molar-refractivity contribution < 1.29 is 4.39 Å². The van der Waals surface area contributed by atoms with Crippen molar-refractivity contribution in [2.75, 3.05) is 24.5 Å². The van der Waals surface area contributed by atoms with Gasteiger partial charge in [-0.15, -0.1) is 0 Å². The van der Waals surface area contributed by atoms with Gasteiger partial charge in [-0.25, -0.2) is 4.39 Å². The molecule has 19 heavy (non-hydrogen) atoms. The number of benzene rings is 1. The zero-order chi connectivity index (χ0) is 13.9. The van der Waals surface area contributed by atoms with Gasteiger partial charge in [-0.2, -0.15) is 0 Å². The van der Waals surface area contributed by atoms with E-state index < -0.39 is 0 Å². The van der Waals surface area contributed by atoms with Crippen LogP contribution in [0.2, 0.25) is 0 Å². The Morgan fingerprint density at radius 2 is 1.79 bits per heavy atom. The zero-order valence-electron chi connectivity index (χ0n) is 12.1. The molecule has 0 aliphatic rings. The van der Waals surface area contributed by atoms with E-state index in [0.29, 0.717) is 6.54 Å². The molecule has 0 aromatic heterocycles. The molecule has 0 saturated heterocycles. The van der Waals surface area contributed by atoms with Crippen LogP contribution < -0.4 is 10.6 Å². The normalized spacial score (nSPS) is 10.7. The lowest BCUT2D eigenvalue weighted by molar-refractivity contribution is 0.607. The molecule has 1 aromatic carbocycles. The Hall–Kier alpha value is -1.09. The Balaban J connectivity index is 2.47. The van der Waals surface area contributed by atoms with Crippen molar-refractivity contribution in [2.24, 2.45) is 5.73 Å². The van der Waals surface area contributed by atoms with Crippen molar-refractivity contribution in [1.82, 2.24) is 0 Å². The van der Waals surface area contributed by atoms with Crippen LogP contribution in [0.4, 0.5) is 10.1 Å². The van der Waals surface area contributed by atoms with Gasteiger partial charge in [-0.3, -0.25) is 0 Å². The molecule has 0 aliphatic carbocycles. The first-order chi connectivity index (χ1) is 9.27. The van der Waals surface area contributed by atoms with Gasteiger partial charge < -0.3 is 10.6 Å². The molecule has 0 saturated carbocycles. The number of rotatable bonds is 10. The fourth-order valence-electron chi connectivity index (χ4n) is 2.23. The average Bonchev–Trinajstić information content (AvgIpc) is 2.42. The Bertz CT molecular complexity index is 341. The van der Waals surface area contributed by atoms with E-state index in [1.807, 2.05) is 6.07 Å². The fourth-order valence-corrected chi connectivity index (χ4v) is 2.23. The number of halogens is 1. The van der Waals surface area contributed by atoms with Gasteiger partial charge >= 0.3 is 0 Å². The summed E-state index contributed by atoms with van der Waals surface area (Å²) in [4.78, 5) is 2.25. The zero-order valence-corrected chi connectivity index (χ0v) is 12.1. The molecule has 1 rings (SSSR count). The molecule has 0 amide bonds. The largest absolute Gasteiger partial charge is 0.371 e. The van der Waals surface area contributed by atoms with E-state index in [2.05, 4.69) is 11.8 Å². The predicted molar refractivity (Wildman–Crippen MR) is 81.0 cm³/mol. The molecule has 1 aromatic rings. The smallest absolute Gasteiger partial charge is 0.125 e. The maximum atomic E-state index is 13.3. The quantitative estimate of drug-likeness (QED) is 0.650. The highest BCUT2D eigenvalue weighted by atomic mass is 19.1. The summed E-state index contributed by atoms with van der Waals surface area (Å²) in [5, 5.41) is 0. The third kappa shape index (κ3) is 6.58. The van der Waals surface area contributed by atoms with Gasteiger partial charge in [0.15, 0.2) is 0 Å². The monoisotopic (exact) mass is 266 g/mol. The number of hydrogen-bond acceptors (Lipinski definition) is 2. The van der Waals surface area contributed by atoms with Crippen LogP contribution in [0.25, 0.3) is 0 Å². The van der Waals surface area contributed by atoms with Crippen LogP contribution in [0.3, 0.4) is 0 Å². The van der Waals surface area contributed by atoms with Crippen LogP contribution in [0.1, 0.15) is 45.4 Å². The minimum Gasteiger partial charge on any atom is -0.371 e. The Kier molecular flexibility index (Phi) is 8.23. The molecule has 108 valence electrons. The number of unbranched alkanes of at least 4 members (excludes halogenated alkanes) is 4. The molecule has 2 nitrogen and oxygen atoms in total. The van der Waals surface area contributed by atoms with Gasteiger partial charge in [-0.05, 0) is 37.6 Å². The van der Waals surface area contributed by atoms with E-state index in [1.54, 1.807) is 12.1 Å². The van der Waals surface area contributed by atoms with Crippen molar-refractivity contribution in [1.29, 1.82) is 0 Å². The second kappa shape index (κ2) is 9.79. The van der Waals surface area contributed by atoms with Crippen LogP contribution in [-0.2, 0) is 0 Å². The third-order valence-electron chi connectivity index (χ3n) is 3.34. The van der Waals surface area contributed by atoms with Crippen molar-refractivity contribution in [3.63, 3.8) is 0 Å². The summed E-state index contributed by atoms with van der Waals surface area (Å²) in [6, 6.07) is 6.86. The van der Waals surface area contributed by atoms with E-state index in [9.17, 15) is 4.39 Å². The van der Waals surface area contributed by atoms with Gasteiger partial charge in [0.2, 0.25) is 0 Å². The van der Waals surface area contributed by atoms with E-state index in [4.69, 9.17) is 5.73 Å². The van der Waals surface area contributed by atoms with E-state index in [-0.39, 0.29) is 5.82 Å². The summed E-state index contributed by atoms with van der Waals surface area (Å²) in [6.45, 7) is 4.81. The lowest BCUT2D eigenvalue weighted by Gasteiger charge is -2.24. The first kappa shape index (κ1) is 16.0. The molecule has 0 bridgehead atoms. The molecule has 0 aliphatic heterocycles. The highest BCUT2D eigenvalue weighted by Gasteiger charge is 2.06. The average molecular weight is 266 g/mol. The summed E-state index contributed by atoms with van der Waals surface area (Å²) in [7, 11) is 0. The number of hydrogen-bond donors (Lipinski definition) is 1. The van der Waals surface area contributed by atoms with Crippen molar-refractivity contribution >= 4 is 5.69 Å². The molecule has 2 N–H and O–H groups in total. The van der Waals surface area contributed by atoms with Crippen LogP contribution in [0, 0.1) is 5.82 Å². The number of nitrogens with zero attached hydrogens (tertiary/aromatic N) is 1. The van der Waals surface area contributed by atoms with Gasteiger partial charge in [0.25, 0.3) is 0 Å². The number of anilines is 1. The number of nitrogens with two attached hydrogens (primary N) is 1. The Morgan fingerprint density at radius 1 is 1.05 bits per heavy atom. The highest BCUT2D eigenvalue weighted by Crippen LogP contribution is 2.17. The minimum atomic E-state index is -0.166. The summed E-state index contributed by atoms with van der Waals surface area (Å²) < 4.78 is 13.3. The van der Waals surface area contributed by atoms with Crippen LogP contribution in [-0.4, -0.2) is 19.6 Å². The molecule has 0 fully saturated rings. The van der Waals surface area contributed by atoms with Gasteiger partial charge in [0.05, 0.1) is 0 Å². The molecular formula is C16H27FN2. The van der Waals surface area contributed by atoms with Crippen LogP contribution in [0.5, 0.6) is 0 Å².